The van der Waals surface area contributed by atoms with E-state index in [4.69, 9.17) is 5.26 Å². The molecule has 0 aliphatic carbocycles. The second-order valence-corrected chi connectivity index (χ2v) is 4.38. The van der Waals surface area contributed by atoms with Crippen molar-refractivity contribution in [1.29, 1.82) is 5.26 Å². The van der Waals surface area contributed by atoms with Crippen LogP contribution in [0, 0.1) is 27.4 Å². The van der Waals surface area contributed by atoms with Crippen molar-refractivity contribution in [2.45, 2.75) is 20.0 Å². The molecule has 0 aliphatic rings. The minimum Gasteiger partial charge on any atom is -0.365 e. The summed E-state index contributed by atoms with van der Waals surface area (Å²) in [6.45, 7) is 3.55. The molecule has 0 amide bonds. The van der Waals surface area contributed by atoms with Crippen LogP contribution in [-0.2, 0) is 6.18 Å². The molecule has 1 atom stereocenters. The minimum atomic E-state index is -4.69. The van der Waals surface area contributed by atoms with Gasteiger partial charge in [-0.25, -0.2) is 4.98 Å². The van der Waals surface area contributed by atoms with Gasteiger partial charge in [0.2, 0.25) is 0 Å². The molecule has 0 aliphatic heterocycles. The lowest BCUT2D eigenvalue weighted by Crippen LogP contribution is -2.29. The van der Waals surface area contributed by atoms with Crippen LogP contribution in [0.25, 0.3) is 0 Å². The van der Waals surface area contributed by atoms with E-state index < -0.39 is 28.4 Å². The maximum Gasteiger partial charge on any atom is 0.433 e. The van der Waals surface area contributed by atoms with Crippen molar-refractivity contribution in [3.05, 3.63) is 28.1 Å². The summed E-state index contributed by atoms with van der Waals surface area (Å²) in [5.74, 6) is -0.480. The molecular weight excluding hydrogens is 289 g/mol. The first kappa shape index (κ1) is 16.7. The zero-order chi connectivity index (χ0) is 16.2. The average molecular weight is 302 g/mol. The van der Waals surface area contributed by atoms with Gasteiger partial charge in [0.15, 0.2) is 0 Å². The maximum absolute atomic E-state index is 12.7. The quantitative estimate of drug-likeness (QED) is 0.616. The fraction of sp³-hybridized carbons (Fsp3) is 0.500. The zero-order valence-electron chi connectivity index (χ0n) is 11.4. The third-order valence-electron chi connectivity index (χ3n) is 2.79. The van der Waals surface area contributed by atoms with E-state index in [2.05, 4.69) is 4.98 Å². The highest BCUT2D eigenvalue weighted by atomic mass is 19.4. The molecule has 1 aromatic heterocycles. The van der Waals surface area contributed by atoms with Crippen LogP contribution >= 0.6 is 0 Å². The van der Waals surface area contributed by atoms with Crippen molar-refractivity contribution < 1.29 is 18.1 Å². The Morgan fingerprint density at radius 1 is 1.57 bits per heavy atom. The standard InChI is InChI=1S/C12H13F3N4O2/c1-3-18(7-8(2)5-16)9-4-11(12(13,14)15)17-6-10(9)19(20)21/h4,6,8H,3,7H2,1-2H3. The molecule has 1 aromatic rings. The van der Waals surface area contributed by atoms with E-state index >= 15 is 0 Å². The lowest BCUT2D eigenvalue weighted by molar-refractivity contribution is -0.384. The molecule has 9 heteroatoms. The first-order valence-corrected chi connectivity index (χ1v) is 6.06. The third kappa shape index (κ3) is 4.05. The molecule has 0 N–H and O–H groups in total. The Bertz CT molecular complexity index is 569. The SMILES string of the molecule is CCN(CC(C)C#N)c1cc(C(F)(F)F)ncc1[N+](=O)[O-]. The van der Waals surface area contributed by atoms with Gasteiger partial charge in [-0.1, -0.05) is 0 Å². The summed E-state index contributed by atoms with van der Waals surface area (Å²) in [6.07, 6.45) is -4.10. The summed E-state index contributed by atoms with van der Waals surface area (Å²) in [7, 11) is 0. The Balaban J connectivity index is 3.34. The van der Waals surface area contributed by atoms with Gasteiger partial charge in [-0.2, -0.15) is 18.4 Å². The smallest absolute Gasteiger partial charge is 0.365 e. The number of pyridine rings is 1. The van der Waals surface area contributed by atoms with E-state index in [1.807, 2.05) is 6.07 Å². The van der Waals surface area contributed by atoms with Crippen LogP contribution < -0.4 is 4.90 Å². The zero-order valence-corrected chi connectivity index (χ0v) is 11.4. The predicted molar refractivity (Wildman–Crippen MR) is 68.6 cm³/mol. The molecule has 0 radical (unpaired) electrons. The van der Waals surface area contributed by atoms with E-state index in [1.54, 1.807) is 13.8 Å². The fourth-order valence-corrected chi connectivity index (χ4v) is 1.76. The maximum atomic E-state index is 12.7. The largest absolute Gasteiger partial charge is 0.433 e. The first-order chi connectivity index (χ1) is 9.70. The molecule has 0 spiro atoms. The average Bonchev–Trinajstić information content (AvgIpc) is 2.42. The highest BCUT2D eigenvalue weighted by Gasteiger charge is 2.35. The highest BCUT2D eigenvalue weighted by molar-refractivity contribution is 5.63. The van der Waals surface area contributed by atoms with E-state index in [9.17, 15) is 23.3 Å². The number of halogens is 3. The number of nitriles is 1. The van der Waals surface area contributed by atoms with Gasteiger partial charge in [0.25, 0.3) is 0 Å². The molecule has 0 fully saturated rings. The van der Waals surface area contributed by atoms with Crippen molar-refractivity contribution in [3.63, 3.8) is 0 Å². The summed E-state index contributed by atoms with van der Waals surface area (Å²) >= 11 is 0. The lowest BCUT2D eigenvalue weighted by Gasteiger charge is -2.24. The van der Waals surface area contributed by atoms with Crippen molar-refractivity contribution in [1.82, 2.24) is 4.98 Å². The van der Waals surface area contributed by atoms with E-state index in [1.165, 1.54) is 4.90 Å². The van der Waals surface area contributed by atoms with Crippen LogP contribution in [0.4, 0.5) is 24.5 Å². The molecule has 0 saturated carbocycles. The van der Waals surface area contributed by atoms with Crippen LogP contribution in [0.1, 0.15) is 19.5 Å². The molecule has 0 bridgehead atoms. The molecule has 1 heterocycles. The van der Waals surface area contributed by atoms with Crippen LogP contribution in [0.3, 0.4) is 0 Å². The lowest BCUT2D eigenvalue weighted by atomic mass is 10.1. The Morgan fingerprint density at radius 3 is 2.62 bits per heavy atom. The van der Waals surface area contributed by atoms with Gasteiger partial charge in [0.05, 0.1) is 16.9 Å². The molecule has 1 unspecified atom stereocenters. The van der Waals surface area contributed by atoms with Gasteiger partial charge in [0.1, 0.15) is 17.6 Å². The second-order valence-electron chi connectivity index (χ2n) is 4.38. The normalized spacial score (nSPS) is 12.6. The minimum absolute atomic E-state index is 0.0924. The summed E-state index contributed by atoms with van der Waals surface area (Å²) < 4.78 is 38.1. The Kier molecular flexibility index (Phi) is 5.07. The highest BCUT2D eigenvalue weighted by Crippen LogP contribution is 2.35. The van der Waals surface area contributed by atoms with Crippen molar-refractivity contribution in [2.24, 2.45) is 5.92 Å². The number of hydrogen-bond donors (Lipinski definition) is 0. The molecule has 6 nitrogen and oxygen atoms in total. The van der Waals surface area contributed by atoms with Crippen molar-refractivity contribution in [3.8, 4) is 6.07 Å². The van der Waals surface area contributed by atoms with Crippen LogP contribution in [-0.4, -0.2) is 23.0 Å². The number of hydrogen-bond acceptors (Lipinski definition) is 5. The molecule has 114 valence electrons. The number of rotatable bonds is 5. The van der Waals surface area contributed by atoms with Crippen LogP contribution in [0.15, 0.2) is 12.3 Å². The Morgan fingerprint density at radius 2 is 2.19 bits per heavy atom. The van der Waals surface area contributed by atoms with Gasteiger partial charge >= 0.3 is 11.9 Å². The van der Waals surface area contributed by atoms with Gasteiger partial charge in [0, 0.05) is 13.1 Å². The summed E-state index contributed by atoms with van der Waals surface area (Å²) in [5, 5.41) is 19.7. The summed E-state index contributed by atoms with van der Waals surface area (Å²) in [6, 6.07) is 2.59. The number of anilines is 1. The van der Waals surface area contributed by atoms with Gasteiger partial charge in [-0.3, -0.25) is 10.1 Å². The second kappa shape index (κ2) is 6.39. The number of nitrogens with zero attached hydrogens (tertiary/aromatic N) is 4. The first-order valence-electron chi connectivity index (χ1n) is 6.06. The number of alkyl halides is 3. The van der Waals surface area contributed by atoms with Gasteiger partial charge < -0.3 is 4.90 Å². The topological polar surface area (TPSA) is 83.1 Å². The molecule has 0 aromatic carbocycles. The van der Waals surface area contributed by atoms with Crippen molar-refractivity contribution >= 4 is 11.4 Å². The monoisotopic (exact) mass is 302 g/mol. The number of aromatic nitrogens is 1. The van der Waals surface area contributed by atoms with Crippen molar-refractivity contribution in [2.75, 3.05) is 18.0 Å². The van der Waals surface area contributed by atoms with Gasteiger partial charge in [-0.15, -0.1) is 0 Å². The predicted octanol–water partition coefficient (Wildman–Crippen LogP) is 2.99. The molecule has 21 heavy (non-hydrogen) atoms. The Hall–Kier alpha value is -2.37. The fourth-order valence-electron chi connectivity index (χ4n) is 1.76. The van der Waals surface area contributed by atoms with E-state index in [0.717, 1.165) is 0 Å². The third-order valence-corrected chi connectivity index (χ3v) is 2.79. The van der Waals surface area contributed by atoms with Gasteiger partial charge in [-0.05, 0) is 19.9 Å². The molecular formula is C12H13F3N4O2. The van der Waals surface area contributed by atoms with E-state index in [0.29, 0.717) is 12.3 Å². The van der Waals surface area contributed by atoms with E-state index in [-0.39, 0.29) is 18.8 Å². The van der Waals surface area contributed by atoms with Crippen LogP contribution in [0.5, 0.6) is 0 Å². The molecule has 1 rings (SSSR count). The van der Waals surface area contributed by atoms with Crippen LogP contribution in [0.2, 0.25) is 0 Å². The molecule has 0 saturated heterocycles. The summed E-state index contributed by atoms with van der Waals surface area (Å²) in [4.78, 5) is 14.6. The Labute approximate surface area is 119 Å². The number of nitro groups is 1. The summed E-state index contributed by atoms with van der Waals surface area (Å²) in [5.41, 5.74) is -1.91.